The number of nitrogens with zero attached hydrogens (tertiary/aromatic N) is 2. The molecule has 1 heterocycles. The topological polar surface area (TPSA) is 140 Å². The fourth-order valence-corrected chi connectivity index (χ4v) is 2.21. The summed E-state index contributed by atoms with van der Waals surface area (Å²) in [5.74, 6) is -0.963. The Balaban J connectivity index is 1.93. The Morgan fingerprint density at radius 2 is 1.92 bits per heavy atom. The minimum Gasteiger partial charge on any atom is -0.368 e. The zero-order chi connectivity index (χ0) is 18.4. The fourth-order valence-electron chi connectivity index (χ4n) is 1.94. The number of benzene rings is 1. The lowest BCUT2D eigenvalue weighted by Gasteiger charge is -2.10. The molecule has 1 aromatic heterocycles. The Kier molecular flexibility index (Phi) is 6.01. The minimum absolute atomic E-state index is 0.0894. The molecule has 0 radical (unpaired) electrons. The Labute approximate surface area is 150 Å². The second-order valence-corrected chi connectivity index (χ2v) is 5.82. The number of hydrogen-bond donors (Lipinski definition) is 3. The number of nitrogens with one attached hydrogen (secondary N) is 2. The molecule has 0 saturated heterocycles. The highest BCUT2D eigenvalue weighted by Crippen LogP contribution is 2.18. The summed E-state index contributed by atoms with van der Waals surface area (Å²) in [5.41, 5.74) is 5.30. The van der Waals surface area contributed by atoms with E-state index in [1.165, 1.54) is 0 Å². The van der Waals surface area contributed by atoms with E-state index in [2.05, 4.69) is 31.5 Å². The van der Waals surface area contributed by atoms with E-state index in [1.807, 2.05) is 0 Å². The Hall–Kier alpha value is -3.01. The first-order chi connectivity index (χ1) is 11.9. The van der Waals surface area contributed by atoms with Crippen molar-refractivity contribution >= 4 is 39.2 Å². The van der Waals surface area contributed by atoms with Crippen molar-refractivity contribution in [2.75, 3.05) is 18.4 Å². The van der Waals surface area contributed by atoms with Crippen LogP contribution in [0.5, 0.6) is 0 Å². The quantitative estimate of drug-likeness (QED) is 0.362. The van der Waals surface area contributed by atoms with Gasteiger partial charge in [0.1, 0.15) is 12.0 Å². The van der Waals surface area contributed by atoms with Crippen LogP contribution in [0.3, 0.4) is 0 Å². The summed E-state index contributed by atoms with van der Waals surface area (Å²) >= 11 is 3.29. The smallest absolute Gasteiger partial charge is 0.288 e. The summed E-state index contributed by atoms with van der Waals surface area (Å²) in [5, 5.41) is 16.2. The van der Waals surface area contributed by atoms with E-state index in [-0.39, 0.29) is 36.1 Å². The molecule has 0 bridgehead atoms. The molecule has 9 nitrogen and oxygen atoms in total. The molecule has 130 valence electrons. The molecule has 1 aromatic carbocycles. The average Bonchev–Trinajstić information content (AvgIpc) is 2.58. The van der Waals surface area contributed by atoms with Gasteiger partial charge in [-0.3, -0.25) is 19.7 Å². The second kappa shape index (κ2) is 8.20. The van der Waals surface area contributed by atoms with Gasteiger partial charge in [0.25, 0.3) is 17.5 Å². The minimum atomic E-state index is -0.836. The highest BCUT2D eigenvalue weighted by atomic mass is 79.9. The monoisotopic (exact) mass is 407 g/mol. The van der Waals surface area contributed by atoms with Crippen molar-refractivity contribution in [3.8, 4) is 0 Å². The van der Waals surface area contributed by atoms with Crippen LogP contribution in [0.15, 0.2) is 41.0 Å². The zero-order valence-electron chi connectivity index (χ0n) is 12.9. The molecule has 2 amide bonds. The van der Waals surface area contributed by atoms with Crippen LogP contribution in [0, 0.1) is 10.1 Å². The van der Waals surface area contributed by atoms with Crippen LogP contribution in [0.4, 0.5) is 11.5 Å². The summed E-state index contributed by atoms with van der Waals surface area (Å²) in [6.45, 7) is 0.513. The number of primary amides is 1. The van der Waals surface area contributed by atoms with E-state index in [9.17, 15) is 19.7 Å². The summed E-state index contributed by atoms with van der Waals surface area (Å²) in [6, 6.07) is 7.92. The van der Waals surface area contributed by atoms with Crippen molar-refractivity contribution in [1.82, 2.24) is 10.3 Å². The predicted octanol–water partition coefficient (Wildman–Crippen LogP) is 1.69. The Bertz CT molecular complexity index is 810. The zero-order valence-corrected chi connectivity index (χ0v) is 14.4. The predicted molar refractivity (Wildman–Crippen MR) is 94.4 cm³/mol. The third-order valence-electron chi connectivity index (χ3n) is 3.16. The molecule has 0 saturated carbocycles. The van der Waals surface area contributed by atoms with Crippen LogP contribution in [0.1, 0.15) is 20.7 Å². The van der Waals surface area contributed by atoms with E-state index in [1.54, 1.807) is 24.3 Å². The summed E-state index contributed by atoms with van der Waals surface area (Å²) in [4.78, 5) is 37.2. The van der Waals surface area contributed by atoms with Crippen LogP contribution in [0.25, 0.3) is 0 Å². The summed E-state index contributed by atoms with van der Waals surface area (Å²) in [6.07, 6.45) is 1.02. The van der Waals surface area contributed by atoms with Crippen LogP contribution >= 0.6 is 15.9 Å². The Morgan fingerprint density at radius 3 is 2.52 bits per heavy atom. The maximum Gasteiger partial charge on any atom is 0.288 e. The van der Waals surface area contributed by atoms with E-state index >= 15 is 0 Å². The van der Waals surface area contributed by atoms with Gasteiger partial charge in [0.05, 0.1) is 10.5 Å². The van der Waals surface area contributed by atoms with E-state index < -0.39 is 10.8 Å². The van der Waals surface area contributed by atoms with Crippen molar-refractivity contribution in [3.05, 3.63) is 62.2 Å². The van der Waals surface area contributed by atoms with Gasteiger partial charge in [-0.2, -0.15) is 0 Å². The van der Waals surface area contributed by atoms with E-state index in [0.29, 0.717) is 5.56 Å². The van der Waals surface area contributed by atoms with Gasteiger partial charge in [0.15, 0.2) is 0 Å². The largest absolute Gasteiger partial charge is 0.368 e. The lowest BCUT2D eigenvalue weighted by molar-refractivity contribution is -0.385. The number of nitro groups is 1. The van der Waals surface area contributed by atoms with Crippen LogP contribution in [-0.2, 0) is 0 Å². The van der Waals surface area contributed by atoms with Gasteiger partial charge in [0.2, 0.25) is 0 Å². The molecule has 2 aromatic rings. The third kappa shape index (κ3) is 4.98. The van der Waals surface area contributed by atoms with Crippen molar-refractivity contribution in [3.63, 3.8) is 0 Å². The number of hydrogen-bond acceptors (Lipinski definition) is 6. The average molecular weight is 408 g/mol. The molecule has 0 fully saturated rings. The molecule has 25 heavy (non-hydrogen) atoms. The summed E-state index contributed by atoms with van der Waals surface area (Å²) < 4.78 is 0.869. The lowest BCUT2D eigenvalue weighted by atomic mass is 10.2. The van der Waals surface area contributed by atoms with Crippen molar-refractivity contribution in [2.45, 2.75) is 0 Å². The van der Waals surface area contributed by atoms with Crippen molar-refractivity contribution in [1.29, 1.82) is 0 Å². The Morgan fingerprint density at radius 1 is 1.24 bits per heavy atom. The SMILES string of the molecule is NC(=O)c1cc([N+](=O)[O-])cnc1NCCNC(=O)c1ccc(Br)cc1. The molecule has 0 spiro atoms. The van der Waals surface area contributed by atoms with E-state index in [4.69, 9.17) is 5.73 Å². The number of amides is 2. The first-order valence-electron chi connectivity index (χ1n) is 7.10. The normalized spacial score (nSPS) is 10.1. The van der Waals surface area contributed by atoms with Gasteiger partial charge >= 0.3 is 0 Å². The molecule has 0 unspecified atom stereocenters. The van der Waals surface area contributed by atoms with Gasteiger partial charge in [-0.1, -0.05) is 15.9 Å². The summed E-state index contributed by atoms with van der Waals surface area (Å²) in [7, 11) is 0. The molecule has 0 aliphatic rings. The van der Waals surface area contributed by atoms with Gasteiger partial charge in [-0.05, 0) is 24.3 Å². The maximum atomic E-state index is 11.9. The van der Waals surface area contributed by atoms with Gasteiger partial charge in [-0.25, -0.2) is 4.98 Å². The highest BCUT2D eigenvalue weighted by Gasteiger charge is 2.16. The number of anilines is 1. The van der Waals surface area contributed by atoms with Gasteiger partial charge in [0, 0.05) is 29.2 Å². The standard InChI is InChI=1S/C15H14BrN5O4/c16-10-3-1-9(2-4-10)15(23)19-6-5-18-14-12(13(17)22)7-11(8-20-14)21(24)25/h1-4,7-8H,5-6H2,(H2,17,22)(H,18,20)(H,19,23). The van der Waals surface area contributed by atoms with Gasteiger partial charge in [-0.15, -0.1) is 0 Å². The van der Waals surface area contributed by atoms with Crippen LogP contribution in [0.2, 0.25) is 0 Å². The number of nitrogens with two attached hydrogens (primary N) is 1. The third-order valence-corrected chi connectivity index (χ3v) is 3.69. The number of carbonyl (C=O) groups excluding carboxylic acids is 2. The molecule has 4 N–H and O–H groups in total. The molecule has 2 rings (SSSR count). The van der Waals surface area contributed by atoms with Crippen LogP contribution < -0.4 is 16.4 Å². The number of pyridine rings is 1. The molecule has 10 heteroatoms. The van der Waals surface area contributed by atoms with E-state index in [0.717, 1.165) is 16.7 Å². The lowest BCUT2D eigenvalue weighted by Crippen LogP contribution is -2.29. The number of carbonyl (C=O) groups is 2. The number of rotatable bonds is 7. The molecular weight excluding hydrogens is 394 g/mol. The first kappa shape index (κ1) is 18.3. The van der Waals surface area contributed by atoms with Crippen molar-refractivity contribution < 1.29 is 14.5 Å². The fraction of sp³-hybridized carbons (Fsp3) is 0.133. The van der Waals surface area contributed by atoms with Crippen LogP contribution in [-0.4, -0.2) is 34.8 Å². The molecule has 0 atom stereocenters. The molecule has 0 aliphatic carbocycles. The molecular formula is C15H14BrN5O4. The second-order valence-electron chi connectivity index (χ2n) is 4.90. The van der Waals surface area contributed by atoms with Crippen molar-refractivity contribution in [2.24, 2.45) is 5.73 Å². The van der Waals surface area contributed by atoms with Gasteiger partial charge < -0.3 is 16.4 Å². The maximum absolute atomic E-state index is 11.9. The number of aromatic nitrogens is 1. The molecule has 0 aliphatic heterocycles. The number of halogens is 1. The highest BCUT2D eigenvalue weighted by molar-refractivity contribution is 9.10. The first-order valence-corrected chi connectivity index (χ1v) is 7.89.